The number of fused-ring (bicyclic) bond motifs is 1. The lowest BCUT2D eigenvalue weighted by Gasteiger charge is -2.25. The van der Waals surface area contributed by atoms with Gasteiger partial charge in [0.05, 0.1) is 30.3 Å². The van der Waals surface area contributed by atoms with Crippen molar-refractivity contribution in [3.8, 4) is 11.5 Å². The van der Waals surface area contributed by atoms with E-state index in [0.717, 1.165) is 31.2 Å². The molecule has 2 aromatic carbocycles. The molecule has 0 saturated carbocycles. The summed E-state index contributed by atoms with van der Waals surface area (Å²) in [5, 5.41) is 3.92. The number of ether oxygens (including phenoxy) is 3. The number of hydrogen-bond donors (Lipinski definition) is 1. The minimum atomic E-state index is -0.491. The number of likely N-dealkylation sites (tertiary alicyclic amines) is 1. The number of hydrogen-bond acceptors (Lipinski definition) is 7. The van der Waals surface area contributed by atoms with Crippen LogP contribution in [0.15, 0.2) is 36.7 Å². The van der Waals surface area contributed by atoms with Crippen LogP contribution in [0.5, 0.6) is 11.5 Å². The molecule has 5 rings (SSSR count). The maximum atomic E-state index is 13.6. The zero-order valence-corrected chi connectivity index (χ0v) is 19.9. The Hall–Kier alpha value is -3.17. The molecule has 2 aliphatic heterocycles. The summed E-state index contributed by atoms with van der Waals surface area (Å²) in [6.07, 6.45) is 4.50. The standard InChI is InChI=1S/C25H26ClFN4O4/c26-19-12-16(3-4-20(19)27)30-25-18-13-23(35-17-5-9-33-10-6-17)22(14-21(18)28-15-29-25)34-11-8-31-7-1-2-24(31)32/h3-4,12-15,17H,1-2,5-11H2,(H,28,29,30). The summed E-state index contributed by atoms with van der Waals surface area (Å²) in [6.45, 7) is 2.93. The van der Waals surface area contributed by atoms with Gasteiger partial charge in [-0.15, -0.1) is 0 Å². The summed E-state index contributed by atoms with van der Waals surface area (Å²) in [6, 6.07) is 8.06. The molecule has 184 valence electrons. The summed E-state index contributed by atoms with van der Waals surface area (Å²) < 4.78 is 31.5. The number of benzene rings is 2. The number of carbonyl (C=O) groups is 1. The maximum absolute atomic E-state index is 13.6. The molecule has 0 atom stereocenters. The fourth-order valence-electron chi connectivity index (χ4n) is 4.26. The number of amides is 1. The first kappa shape index (κ1) is 23.6. The Morgan fingerprint density at radius 2 is 2.03 bits per heavy atom. The van der Waals surface area contributed by atoms with E-state index >= 15 is 0 Å². The fourth-order valence-corrected chi connectivity index (χ4v) is 4.44. The summed E-state index contributed by atoms with van der Waals surface area (Å²) in [4.78, 5) is 22.5. The summed E-state index contributed by atoms with van der Waals surface area (Å²) in [5.41, 5.74) is 1.25. The zero-order chi connectivity index (χ0) is 24.2. The monoisotopic (exact) mass is 500 g/mol. The Morgan fingerprint density at radius 3 is 2.80 bits per heavy atom. The minimum Gasteiger partial charge on any atom is -0.488 e. The molecule has 8 nitrogen and oxygen atoms in total. The topological polar surface area (TPSA) is 85.8 Å². The molecule has 1 aromatic heterocycles. The Morgan fingerprint density at radius 1 is 1.17 bits per heavy atom. The number of anilines is 2. The van der Waals surface area contributed by atoms with Gasteiger partial charge in [-0.1, -0.05) is 11.6 Å². The number of nitrogens with one attached hydrogen (secondary N) is 1. The Bertz CT molecular complexity index is 1220. The van der Waals surface area contributed by atoms with Crippen molar-refractivity contribution in [2.45, 2.75) is 31.8 Å². The number of nitrogens with zero attached hydrogens (tertiary/aromatic N) is 3. The van der Waals surface area contributed by atoms with E-state index in [4.69, 9.17) is 25.8 Å². The minimum absolute atomic E-state index is 0.000606. The first-order valence-electron chi connectivity index (χ1n) is 11.7. The second-order valence-electron chi connectivity index (χ2n) is 8.55. The Labute approximate surface area is 207 Å². The first-order valence-corrected chi connectivity index (χ1v) is 12.1. The highest BCUT2D eigenvalue weighted by atomic mass is 35.5. The van der Waals surface area contributed by atoms with Crippen molar-refractivity contribution in [3.63, 3.8) is 0 Å². The summed E-state index contributed by atoms with van der Waals surface area (Å²) in [7, 11) is 0. The van der Waals surface area contributed by atoms with E-state index in [2.05, 4.69) is 15.3 Å². The molecule has 0 bridgehead atoms. The smallest absolute Gasteiger partial charge is 0.222 e. The number of halogens is 2. The van der Waals surface area contributed by atoms with Gasteiger partial charge in [0.1, 0.15) is 30.7 Å². The number of carbonyl (C=O) groups excluding carboxylic acids is 1. The third-order valence-corrected chi connectivity index (χ3v) is 6.42. The average Bonchev–Trinajstić information content (AvgIpc) is 3.27. The van der Waals surface area contributed by atoms with Crippen molar-refractivity contribution in [2.24, 2.45) is 0 Å². The predicted octanol–water partition coefficient (Wildman–Crippen LogP) is 4.72. The quantitative estimate of drug-likeness (QED) is 0.478. The van der Waals surface area contributed by atoms with Crippen LogP contribution in [-0.4, -0.2) is 59.8 Å². The highest BCUT2D eigenvalue weighted by Crippen LogP contribution is 2.36. The summed E-state index contributed by atoms with van der Waals surface area (Å²) >= 11 is 5.94. The molecule has 2 fully saturated rings. The van der Waals surface area contributed by atoms with Gasteiger partial charge in [0, 0.05) is 42.9 Å². The lowest BCUT2D eigenvalue weighted by Crippen LogP contribution is -2.29. The van der Waals surface area contributed by atoms with Crippen molar-refractivity contribution >= 4 is 39.9 Å². The molecule has 3 heterocycles. The van der Waals surface area contributed by atoms with E-state index < -0.39 is 5.82 Å². The van der Waals surface area contributed by atoms with Crippen molar-refractivity contribution in [1.82, 2.24) is 14.9 Å². The molecule has 0 radical (unpaired) electrons. The SMILES string of the molecule is O=C1CCCN1CCOc1cc2ncnc(Nc3ccc(F)c(Cl)c3)c2cc1OC1CCOCC1. The average molecular weight is 501 g/mol. The molecule has 0 unspecified atom stereocenters. The van der Waals surface area contributed by atoms with Gasteiger partial charge in [-0.3, -0.25) is 4.79 Å². The molecule has 0 spiro atoms. The maximum Gasteiger partial charge on any atom is 0.222 e. The van der Waals surface area contributed by atoms with E-state index in [0.29, 0.717) is 61.3 Å². The van der Waals surface area contributed by atoms with E-state index in [1.807, 2.05) is 17.0 Å². The second-order valence-corrected chi connectivity index (χ2v) is 8.96. The zero-order valence-electron chi connectivity index (χ0n) is 19.1. The molecule has 3 aromatic rings. The van der Waals surface area contributed by atoms with E-state index in [1.165, 1.54) is 18.5 Å². The third-order valence-electron chi connectivity index (χ3n) is 6.14. The predicted molar refractivity (Wildman–Crippen MR) is 130 cm³/mol. The van der Waals surface area contributed by atoms with Gasteiger partial charge in [0.25, 0.3) is 0 Å². The Balaban J connectivity index is 1.43. The lowest BCUT2D eigenvalue weighted by molar-refractivity contribution is -0.128. The van der Waals surface area contributed by atoms with E-state index in [9.17, 15) is 9.18 Å². The van der Waals surface area contributed by atoms with Gasteiger partial charge in [0.2, 0.25) is 5.91 Å². The van der Waals surface area contributed by atoms with Gasteiger partial charge in [-0.05, 0) is 30.7 Å². The van der Waals surface area contributed by atoms with Crippen molar-refractivity contribution < 1.29 is 23.4 Å². The van der Waals surface area contributed by atoms with Gasteiger partial charge in [0.15, 0.2) is 11.5 Å². The van der Waals surface area contributed by atoms with Gasteiger partial charge < -0.3 is 24.4 Å². The molecule has 2 aliphatic rings. The number of rotatable bonds is 8. The largest absolute Gasteiger partial charge is 0.488 e. The van der Waals surface area contributed by atoms with Crippen LogP contribution >= 0.6 is 11.6 Å². The normalized spacial score (nSPS) is 16.6. The van der Waals surface area contributed by atoms with Crippen LogP contribution in [0.25, 0.3) is 10.9 Å². The molecule has 0 aliphatic carbocycles. The van der Waals surface area contributed by atoms with Crippen LogP contribution < -0.4 is 14.8 Å². The van der Waals surface area contributed by atoms with Crippen LogP contribution in [0.4, 0.5) is 15.9 Å². The molecular formula is C25H26ClFN4O4. The van der Waals surface area contributed by atoms with Gasteiger partial charge in [-0.2, -0.15) is 0 Å². The highest BCUT2D eigenvalue weighted by molar-refractivity contribution is 6.31. The third kappa shape index (κ3) is 5.57. The highest BCUT2D eigenvalue weighted by Gasteiger charge is 2.22. The van der Waals surface area contributed by atoms with Crippen LogP contribution in [0, 0.1) is 5.82 Å². The molecule has 1 N–H and O–H groups in total. The van der Waals surface area contributed by atoms with Crippen molar-refractivity contribution in [1.29, 1.82) is 0 Å². The molecule has 1 amide bonds. The van der Waals surface area contributed by atoms with Crippen molar-refractivity contribution in [2.75, 3.05) is 38.2 Å². The Kier molecular flexibility index (Phi) is 7.15. The van der Waals surface area contributed by atoms with Gasteiger partial charge >= 0.3 is 0 Å². The lowest BCUT2D eigenvalue weighted by atomic mass is 10.1. The van der Waals surface area contributed by atoms with Crippen LogP contribution in [0.3, 0.4) is 0 Å². The molecule has 35 heavy (non-hydrogen) atoms. The van der Waals surface area contributed by atoms with Crippen LogP contribution in [0.2, 0.25) is 5.02 Å². The fraction of sp³-hybridized carbons (Fsp3) is 0.400. The van der Waals surface area contributed by atoms with Gasteiger partial charge in [-0.25, -0.2) is 14.4 Å². The molecule has 10 heteroatoms. The van der Waals surface area contributed by atoms with Crippen LogP contribution in [0.1, 0.15) is 25.7 Å². The molecular weight excluding hydrogens is 475 g/mol. The molecule has 2 saturated heterocycles. The second kappa shape index (κ2) is 10.6. The summed E-state index contributed by atoms with van der Waals surface area (Å²) in [5.74, 6) is 1.34. The van der Waals surface area contributed by atoms with Crippen LogP contribution in [-0.2, 0) is 9.53 Å². The van der Waals surface area contributed by atoms with E-state index in [1.54, 1.807) is 6.07 Å². The van der Waals surface area contributed by atoms with E-state index in [-0.39, 0.29) is 17.0 Å². The number of aromatic nitrogens is 2. The van der Waals surface area contributed by atoms with Crippen molar-refractivity contribution in [3.05, 3.63) is 47.5 Å². The first-order chi connectivity index (χ1) is 17.1.